The van der Waals surface area contributed by atoms with E-state index in [1.807, 2.05) is 39.0 Å². The maximum atomic E-state index is 5.78. The number of rotatable bonds is 3. The molecule has 2 rings (SSSR count). The normalized spacial score (nSPS) is 10.8. The number of nitrogens with two attached hydrogens (primary N) is 1. The highest BCUT2D eigenvalue weighted by atomic mass is 79.9. The quantitative estimate of drug-likeness (QED) is 0.866. The third-order valence-corrected chi connectivity index (χ3v) is 4.53. The molecule has 0 aliphatic heterocycles. The van der Waals surface area contributed by atoms with E-state index in [0.717, 1.165) is 37.0 Å². The minimum absolute atomic E-state index is 0.506. The zero-order valence-electron chi connectivity index (χ0n) is 11.2. The van der Waals surface area contributed by atoms with Crippen LogP contribution in [-0.4, -0.2) is 9.97 Å². The van der Waals surface area contributed by atoms with E-state index in [-0.39, 0.29) is 0 Å². The van der Waals surface area contributed by atoms with Crippen molar-refractivity contribution in [2.75, 3.05) is 0 Å². The standard InChI is InChI=1S/C14H16BrN3S/c1-8-9(2)17-14(18-10(8)3)19-13-5-4-12(15)6-11(13)7-16/h4-6H,7,16H2,1-3H3. The molecule has 0 aliphatic rings. The number of aromatic nitrogens is 2. The van der Waals surface area contributed by atoms with Gasteiger partial charge in [-0.2, -0.15) is 0 Å². The molecule has 0 spiro atoms. The second-order valence-electron chi connectivity index (χ2n) is 4.36. The summed E-state index contributed by atoms with van der Waals surface area (Å²) in [4.78, 5) is 10.2. The molecule has 1 aromatic heterocycles. The van der Waals surface area contributed by atoms with E-state index in [2.05, 4.69) is 25.9 Å². The summed E-state index contributed by atoms with van der Waals surface area (Å²) in [5.41, 5.74) is 10.1. The molecule has 19 heavy (non-hydrogen) atoms. The molecule has 0 fully saturated rings. The third kappa shape index (κ3) is 3.35. The molecule has 1 aromatic carbocycles. The van der Waals surface area contributed by atoms with Gasteiger partial charge in [0.2, 0.25) is 0 Å². The van der Waals surface area contributed by atoms with Crippen LogP contribution in [0.4, 0.5) is 0 Å². The fraction of sp³-hybridized carbons (Fsp3) is 0.286. The Morgan fingerprint density at radius 3 is 2.37 bits per heavy atom. The highest BCUT2D eigenvalue weighted by molar-refractivity contribution is 9.10. The van der Waals surface area contributed by atoms with Crippen LogP contribution in [0.2, 0.25) is 0 Å². The van der Waals surface area contributed by atoms with Crippen LogP contribution in [0.25, 0.3) is 0 Å². The first kappa shape index (κ1) is 14.5. The van der Waals surface area contributed by atoms with Crippen LogP contribution < -0.4 is 5.73 Å². The van der Waals surface area contributed by atoms with Crippen LogP contribution in [0.5, 0.6) is 0 Å². The van der Waals surface area contributed by atoms with Gasteiger partial charge in [-0.25, -0.2) is 9.97 Å². The Bertz CT molecular complexity index is 591. The average Bonchev–Trinajstić information content (AvgIpc) is 2.38. The van der Waals surface area contributed by atoms with Crippen molar-refractivity contribution in [1.82, 2.24) is 9.97 Å². The predicted molar refractivity (Wildman–Crippen MR) is 82.4 cm³/mol. The summed E-state index contributed by atoms with van der Waals surface area (Å²) >= 11 is 5.02. The van der Waals surface area contributed by atoms with Crippen molar-refractivity contribution in [1.29, 1.82) is 0 Å². The van der Waals surface area contributed by atoms with Crippen LogP contribution in [0.1, 0.15) is 22.5 Å². The van der Waals surface area contributed by atoms with Gasteiger partial charge >= 0.3 is 0 Å². The van der Waals surface area contributed by atoms with Crippen LogP contribution in [-0.2, 0) is 6.54 Å². The smallest absolute Gasteiger partial charge is 0.192 e. The third-order valence-electron chi connectivity index (χ3n) is 3.06. The van der Waals surface area contributed by atoms with Crippen molar-refractivity contribution in [3.05, 3.63) is 45.2 Å². The first-order valence-corrected chi connectivity index (χ1v) is 7.60. The van der Waals surface area contributed by atoms with E-state index in [1.54, 1.807) is 11.8 Å². The molecule has 0 saturated heterocycles. The highest BCUT2D eigenvalue weighted by Gasteiger charge is 2.09. The minimum atomic E-state index is 0.506. The van der Waals surface area contributed by atoms with Crippen molar-refractivity contribution in [2.45, 2.75) is 37.4 Å². The van der Waals surface area contributed by atoms with Crippen LogP contribution >= 0.6 is 27.7 Å². The zero-order valence-corrected chi connectivity index (χ0v) is 13.6. The molecular weight excluding hydrogens is 322 g/mol. The molecule has 0 saturated carbocycles. The van der Waals surface area contributed by atoms with Crippen LogP contribution in [0, 0.1) is 20.8 Å². The molecule has 0 unspecified atom stereocenters. The van der Waals surface area contributed by atoms with Gasteiger partial charge in [0, 0.05) is 27.3 Å². The number of hydrogen-bond donors (Lipinski definition) is 1. The lowest BCUT2D eigenvalue weighted by Crippen LogP contribution is -2.01. The monoisotopic (exact) mass is 337 g/mol. The van der Waals surface area contributed by atoms with Gasteiger partial charge in [-0.15, -0.1) is 0 Å². The van der Waals surface area contributed by atoms with E-state index < -0.39 is 0 Å². The molecular formula is C14H16BrN3S. The Hall–Kier alpha value is -0.910. The van der Waals surface area contributed by atoms with Gasteiger partial charge in [0.25, 0.3) is 0 Å². The van der Waals surface area contributed by atoms with E-state index in [0.29, 0.717) is 6.54 Å². The second-order valence-corrected chi connectivity index (χ2v) is 6.29. The Kier molecular flexibility index (Phi) is 4.60. The Morgan fingerprint density at radius 1 is 1.16 bits per heavy atom. The van der Waals surface area contributed by atoms with Crippen LogP contribution in [0.15, 0.2) is 32.7 Å². The molecule has 2 aromatic rings. The summed E-state index contributed by atoms with van der Waals surface area (Å²) in [5, 5.41) is 0.776. The number of nitrogens with zero attached hydrogens (tertiary/aromatic N) is 2. The number of halogens is 1. The van der Waals surface area contributed by atoms with Gasteiger partial charge in [-0.05, 0) is 61.9 Å². The summed E-state index contributed by atoms with van der Waals surface area (Å²) in [6.45, 7) is 6.58. The molecule has 0 aliphatic carbocycles. The average molecular weight is 338 g/mol. The molecule has 100 valence electrons. The number of hydrogen-bond acceptors (Lipinski definition) is 4. The van der Waals surface area contributed by atoms with E-state index >= 15 is 0 Å². The SMILES string of the molecule is Cc1nc(Sc2ccc(Br)cc2CN)nc(C)c1C. The molecule has 0 bridgehead atoms. The summed E-state index contributed by atoms with van der Waals surface area (Å²) in [7, 11) is 0. The first-order chi connectivity index (χ1) is 9.01. The second kappa shape index (κ2) is 6.03. The maximum absolute atomic E-state index is 5.78. The summed E-state index contributed by atoms with van der Waals surface area (Å²) in [5.74, 6) is 0. The molecule has 2 N–H and O–H groups in total. The fourth-order valence-electron chi connectivity index (χ4n) is 1.69. The fourth-order valence-corrected chi connectivity index (χ4v) is 3.07. The molecule has 5 heteroatoms. The van der Waals surface area contributed by atoms with Gasteiger partial charge in [0.15, 0.2) is 5.16 Å². The number of benzene rings is 1. The maximum Gasteiger partial charge on any atom is 0.192 e. The van der Waals surface area contributed by atoms with Gasteiger partial charge in [0.1, 0.15) is 0 Å². The molecule has 3 nitrogen and oxygen atoms in total. The van der Waals surface area contributed by atoms with Crippen molar-refractivity contribution in [3.8, 4) is 0 Å². The van der Waals surface area contributed by atoms with Gasteiger partial charge in [0.05, 0.1) is 0 Å². The number of aryl methyl sites for hydroxylation is 2. The lowest BCUT2D eigenvalue weighted by Gasteiger charge is -2.09. The first-order valence-electron chi connectivity index (χ1n) is 5.99. The van der Waals surface area contributed by atoms with Crippen molar-refractivity contribution < 1.29 is 0 Å². The summed E-state index contributed by atoms with van der Waals surface area (Å²) in [6, 6.07) is 6.09. The molecule has 0 amide bonds. The molecule has 0 radical (unpaired) electrons. The van der Waals surface area contributed by atoms with E-state index in [9.17, 15) is 0 Å². The van der Waals surface area contributed by atoms with Crippen molar-refractivity contribution >= 4 is 27.7 Å². The van der Waals surface area contributed by atoms with Gasteiger partial charge in [-0.3, -0.25) is 0 Å². The molecule has 0 atom stereocenters. The Balaban J connectivity index is 2.36. The van der Waals surface area contributed by atoms with Crippen molar-refractivity contribution in [2.24, 2.45) is 5.73 Å². The zero-order chi connectivity index (χ0) is 14.0. The van der Waals surface area contributed by atoms with Crippen molar-refractivity contribution in [3.63, 3.8) is 0 Å². The summed E-state index contributed by atoms with van der Waals surface area (Å²) < 4.78 is 1.04. The largest absolute Gasteiger partial charge is 0.326 e. The summed E-state index contributed by atoms with van der Waals surface area (Å²) in [6.07, 6.45) is 0. The highest BCUT2D eigenvalue weighted by Crippen LogP contribution is 2.30. The lowest BCUT2D eigenvalue weighted by molar-refractivity contribution is 0.879. The lowest BCUT2D eigenvalue weighted by atomic mass is 10.2. The van der Waals surface area contributed by atoms with Gasteiger partial charge in [-0.1, -0.05) is 15.9 Å². The van der Waals surface area contributed by atoms with Gasteiger partial charge < -0.3 is 5.73 Å². The minimum Gasteiger partial charge on any atom is -0.326 e. The Labute approximate surface area is 126 Å². The Morgan fingerprint density at radius 2 is 1.79 bits per heavy atom. The van der Waals surface area contributed by atoms with E-state index in [1.165, 1.54) is 0 Å². The van der Waals surface area contributed by atoms with E-state index in [4.69, 9.17) is 5.73 Å². The topological polar surface area (TPSA) is 51.8 Å². The molecule has 1 heterocycles. The predicted octanol–water partition coefficient (Wildman–Crippen LogP) is 3.77. The van der Waals surface area contributed by atoms with Crippen LogP contribution in [0.3, 0.4) is 0 Å².